The van der Waals surface area contributed by atoms with Crippen LogP contribution in [0.1, 0.15) is 89.6 Å². The lowest BCUT2D eigenvalue weighted by atomic mass is 9.57. The van der Waals surface area contributed by atoms with Crippen molar-refractivity contribution in [2.45, 2.75) is 91.1 Å². The molecule has 2 aromatic rings. The zero-order valence-corrected chi connectivity index (χ0v) is 34.0. The summed E-state index contributed by atoms with van der Waals surface area (Å²) in [6.45, 7) is 18.0. The van der Waals surface area contributed by atoms with Crippen LogP contribution < -0.4 is 21.3 Å². The van der Waals surface area contributed by atoms with Crippen molar-refractivity contribution in [1.29, 1.82) is 0 Å². The van der Waals surface area contributed by atoms with Crippen LogP contribution in [0.2, 0.25) is 5.02 Å². The number of halogens is 3. The fraction of sp³-hybridized carbons (Fsp3) is 0.619. The molecule has 302 valence electrons. The highest BCUT2D eigenvalue weighted by molar-refractivity contribution is 6.33. The molecule has 55 heavy (non-hydrogen) atoms. The van der Waals surface area contributed by atoms with Crippen LogP contribution in [0.5, 0.6) is 0 Å². The lowest BCUT2D eigenvalue weighted by molar-refractivity contribution is -0.135. The Balaban J connectivity index is 0.000000211. The SMILES string of the molecule is CC(C)(C)NC(=O)CN1CC2(CC(CNC(=O)CCc3ccc(F)cc3)C2)C1.CC(C)(C)NC(=O)CN1CC2(CC(CNC(=O)c3ccc(F)cc3Cl)C2)C1. The number of aryl methyl sites for hydroxylation is 1. The Hall–Kier alpha value is -3.61. The molecule has 4 amide bonds. The first kappa shape index (κ1) is 42.5. The van der Waals surface area contributed by atoms with E-state index in [0.717, 1.165) is 70.0 Å². The number of hydrogen-bond acceptors (Lipinski definition) is 6. The molecule has 0 radical (unpaired) electrons. The predicted octanol–water partition coefficient (Wildman–Crippen LogP) is 5.34. The third-order valence-electron chi connectivity index (χ3n) is 10.8. The maximum Gasteiger partial charge on any atom is 0.252 e. The molecule has 2 saturated carbocycles. The standard InChI is InChI=1S/C22H32FN3O2.C20H27ClFN3O2/c1-21(2,3)25-20(28)13-26-14-22(15-26)10-17(11-22)12-24-19(27)9-6-16-4-7-18(23)8-5-16;1-19(2,3)24-17(26)10-25-11-20(12-25)7-13(8-20)9-23-18(27)15-5-4-14(22)6-16(15)21/h4-5,7-8,17H,6,9-15H2,1-3H3,(H,24,27)(H,25,28);4-6,13H,7-12H2,1-3H3,(H,23,27)(H,24,26). The van der Waals surface area contributed by atoms with Crippen molar-refractivity contribution < 1.29 is 28.0 Å². The highest BCUT2D eigenvalue weighted by Gasteiger charge is 2.53. The van der Waals surface area contributed by atoms with E-state index < -0.39 is 5.82 Å². The molecule has 0 aromatic heterocycles. The van der Waals surface area contributed by atoms with E-state index in [9.17, 15) is 28.0 Å². The average Bonchev–Trinajstić information content (AvgIpc) is 2.99. The van der Waals surface area contributed by atoms with E-state index in [4.69, 9.17) is 11.6 Å². The molecule has 2 aromatic carbocycles. The van der Waals surface area contributed by atoms with Crippen molar-refractivity contribution >= 4 is 35.2 Å². The third kappa shape index (κ3) is 12.7. The zero-order chi connectivity index (χ0) is 40.2. The summed E-state index contributed by atoms with van der Waals surface area (Å²) in [7, 11) is 0. The first-order valence-corrected chi connectivity index (χ1v) is 19.9. The summed E-state index contributed by atoms with van der Waals surface area (Å²) in [5, 5.41) is 12.0. The molecule has 0 bridgehead atoms. The Labute approximate surface area is 329 Å². The molecule has 2 aliphatic carbocycles. The van der Waals surface area contributed by atoms with E-state index in [2.05, 4.69) is 31.1 Å². The fourth-order valence-electron chi connectivity index (χ4n) is 8.75. The fourth-order valence-corrected chi connectivity index (χ4v) is 9.00. The van der Waals surface area contributed by atoms with Crippen LogP contribution in [-0.4, -0.2) is 96.9 Å². The number of hydrogen-bond donors (Lipinski definition) is 4. The summed E-state index contributed by atoms with van der Waals surface area (Å²) >= 11 is 5.92. The van der Waals surface area contributed by atoms with Crippen LogP contribution in [-0.2, 0) is 20.8 Å². The number of nitrogens with one attached hydrogen (secondary N) is 4. The quantitative estimate of drug-likeness (QED) is 0.231. The van der Waals surface area contributed by atoms with Gasteiger partial charge < -0.3 is 21.3 Å². The first-order chi connectivity index (χ1) is 25.7. The van der Waals surface area contributed by atoms with Gasteiger partial charge in [0.1, 0.15) is 11.6 Å². The molecule has 13 heteroatoms. The Kier molecular flexibility index (Phi) is 13.3. The Morgan fingerprint density at radius 3 is 1.60 bits per heavy atom. The van der Waals surface area contributed by atoms with Gasteiger partial charge in [-0.15, -0.1) is 0 Å². The lowest BCUT2D eigenvalue weighted by Gasteiger charge is -2.59. The Bertz CT molecular complexity index is 1680. The number of nitrogens with zero attached hydrogens (tertiary/aromatic N) is 2. The zero-order valence-electron chi connectivity index (χ0n) is 33.3. The van der Waals surface area contributed by atoms with Crippen molar-refractivity contribution in [3.8, 4) is 0 Å². The lowest BCUT2D eigenvalue weighted by Crippen LogP contribution is -2.64. The second-order valence-corrected chi connectivity index (χ2v) is 19.1. The highest BCUT2D eigenvalue weighted by Crippen LogP contribution is 2.52. The maximum atomic E-state index is 13.1. The van der Waals surface area contributed by atoms with Gasteiger partial charge in [-0.05, 0) is 132 Å². The van der Waals surface area contributed by atoms with Gasteiger partial charge in [0.15, 0.2) is 0 Å². The predicted molar refractivity (Wildman–Crippen MR) is 210 cm³/mol. The molecule has 4 fully saturated rings. The van der Waals surface area contributed by atoms with Gasteiger partial charge >= 0.3 is 0 Å². The normalized spacial score (nSPS) is 19.1. The minimum absolute atomic E-state index is 0.0550. The second kappa shape index (κ2) is 17.3. The van der Waals surface area contributed by atoms with Gasteiger partial charge in [-0.25, -0.2) is 8.78 Å². The third-order valence-corrected chi connectivity index (χ3v) is 11.1. The molecule has 2 spiro atoms. The van der Waals surface area contributed by atoms with E-state index in [1.54, 1.807) is 12.1 Å². The number of carbonyl (C=O) groups is 4. The maximum absolute atomic E-state index is 13.1. The molecule has 0 unspecified atom stereocenters. The van der Waals surface area contributed by atoms with Gasteiger partial charge in [0.2, 0.25) is 17.7 Å². The van der Waals surface area contributed by atoms with Crippen molar-refractivity contribution in [3.63, 3.8) is 0 Å². The first-order valence-electron chi connectivity index (χ1n) is 19.5. The monoisotopic (exact) mass is 784 g/mol. The van der Waals surface area contributed by atoms with Crippen molar-refractivity contribution in [1.82, 2.24) is 31.1 Å². The summed E-state index contributed by atoms with van der Waals surface area (Å²) in [5.74, 6) is 0.219. The van der Waals surface area contributed by atoms with Crippen molar-refractivity contribution in [2.24, 2.45) is 22.7 Å². The molecule has 4 N–H and O–H groups in total. The number of rotatable bonds is 12. The molecule has 2 saturated heterocycles. The topological polar surface area (TPSA) is 123 Å². The molecular weight excluding hydrogens is 726 g/mol. The van der Waals surface area contributed by atoms with Crippen LogP contribution in [0.3, 0.4) is 0 Å². The molecule has 2 aliphatic heterocycles. The van der Waals surface area contributed by atoms with Crippen LogP contribution in [0.4, 0.5) is 8.78 Å². The molecule has 10 nitrogen and oxygen atoms in total. The van der Waals surface area contributed by atoms with Crippen molar-refractivity contribution in [3.05, 3.63) is 70.2 Å². The molecule has 0 atom stereocenters. The van der Waals surface area contributed by atoms with Crippen molar-refractivity contribution in [2.75, 3.05) is 52.4 Å². The van der Waals surface area contributed by atoms with Crippen LogP contribution in [0, 0.1) is 34.3 Å². The number of amides is 4. The largest absolute Gasteiger partial charge is 0.356 e. The van der Waals surface area contributed by atoms with Gasteiger partial charge in [0.25, 0.3) is 5.91 Å². The van der Waals surface area contributed by atoms with E-state index in [1.165, 1.54) is 24.3 Å². The average molecular weight is 785 g/mol. The molecule has 2 heterocycles. The van der Waals surface area contributed by atoms with E-state index in [0.29, 0.717) is 60.7 Å². The van der Waals surface area contributed by atoms with Gasteiger partial charge in [-0.1, -0.05) is 23.7 Å². The van der Waals surface area contributed by atoms with E-state index in [-0.39, 0.29) is 45.5 Å². The van der Waals surface area contributed by atoms with E-state index >= 15 is 0 Å². The molecule has 4 aliphatic rings. The molecular formula is C42H59ClF2N6O4. The second-order valence-electron chi connectivity index (χ2n) is 18.7. The summed E-state index contributed by atoms with van der Waals surface area (Å²) in [4.78, 5) is 52.5. The Morgan fingerprint density at radius 1 is 0.691 bits per heavy atom. The van der Waals surface area contributed by atoms with Gasteiger partial charge in [-0.2, -0.15) is 0 Å². The smallest absolute Gasteiger partial charge is 0.252 e. The minimum Gasteiger partial charge on any atom is -0.356 e. The van der Waals surface area contributed by atoms with E-state index in [1.807, 2.05) is 41.5 Å². The van der Waals surface area contributed by atoms with Gasteiger partial charge in [-0.3, -0.25) is 29.0 Å². The number of benzene rings is 2. The van der Waals surface area contributed by atoms with Gasteiger partial charge in [0.05, 0.1) is 23.7 Å². The molecule has 6 rings (SSSR count). The summed E-state index contributed by atoms with van der Waals surface area (Å²) in [6.07, 6.45) is 5.43. The summed E-state index contributed by atoms with van der Waals surface area (Å²) in [6, 6.07) is 10.1. The Morgan fingerprint density at radius 2 is 1.15 bits per heavy atom. The van der Waals surface area contributed by atoms with Crippen LogP contribution >= 0.6 is 11.6 Å². The highest BCUT2D eigenvalue weighted by atomic mass is 35.5. The van der Waals surface area contributed by atoms with Crippen LogP contribution in [0.25, 0.3) is 0 Å². The van der Waals surface area contributed by atoms with Gasteiger partial charge in [0, 0.05) is 56.8 Å². The number of likely N-dealkylation sites (tertiary alicyclic amines) is 2. The minimum atomic E-state index is -0.455. The summed E-state index contributed by atoms with van der Waals surface area (Å²) < 4.78 is 26.0. The summed E-state index contributed by atoms with van der Waals surface area (Å²) in [5.41, 5.74) is 1.57. The van der Waals surface area contributed by atoms with Crippen LogP contribution in [0.15, 0.2) is 42.5 Å². The number of carbonyl (C=O) groups excluding carboxylic acids is 4.